The SMILES string of the molecule is CC(=O)O.CC(=O)O.CC(=O)O.NCC1CCCCN1. The number of nitrogens with one attached hydrogen (secondary N) is 1. The largest absolute Gasteiger partial charge is 0.481 e. The van der Waals surface area contributed by atoms with Crippen LogP contribution in [0.2, 0.25) is 0 Å². The van der Waals surface area contributed by atoms with Gasteiger partial charge in [0.15, 0.2) is 0 Å². The van der Waals surface area contributed by atoms with Gasteiger partial charge in [0, 0.05) is 33.4 Å². The molecule has 0 aromatic carbocycles. The van der Waals surface area contributed by atoms with Gasteiger partial charge in [0.1, 0.15) is 0 Å². The molecule has 0 aromatic heterocycles. The molecule has 1 saturated heterocycles. The zero-order chi connectivity index (χ0) is 16.6. The maximum Gasteiger partial charge on any atom is 0.300 e. The Morgan fingerprint density at radius 2 is 1.35 bits per heavy atom. The number of piperidine rings is 1. The fourth-order valence-electron chi connectivity index (χ4n) is 1.13. The average Bonchev–Trinajstić information content (AvgIpc) is 2.28. The van der Waals surface area contributed by atoms with Crippen LogP contribution in [0.1, 0.15) is 40.0 Å². The molecular weight excluding hydrogens is 268 g/mol. The van der Waals surface area contributed by atoms with Crippen LogP contribution >= 0.6 is 0 Å². The molecule has 0 radical (unpaired) electrons. The Kier molecular flexibility index (Phi) is 20.3. The monoisotopic (exact) mass is 294 g/mol. The lowest BCUT2D eigenvalue weighted by Gasteiger charge is -2.21. The number of hydrogen-bond acceptors (Lipinski definition) is 5. The highest BCUT2D eigenvalue weighted by Crippen LogP contribution is 2.04. The summed E-state index contributed by atoms with van der Waals surface area (Å²) in [4.78, 5) is 27.0. The standard InChI is InChI=1S/C6H14N2.3C2H4O2/c7-5-6-3-1-2-4-8-6;3*1-2(3)4/h6,8H,1-5,7H2;3*1H3,(H,3,4). The van der Waals surface area contributed by atoms with Gasteiger partial charge in [-0.05, 0) is 19.4 Å². The molecule has 1 aliphatic heterocycles. The summed E-state index contributed by atoms with van der Waals surface area (Å²) in [5, 5.41) is 25.6. The van der Waals surface area contributed by atoms with E-state index in [-0.39, 0.29) is 0 Å². The van der Waals surface area contributed by atoms with E-state index in [1.54, 1.807) is 0 Å². The Bertz CT molecular complexity index is 224. The van der Waals surface area contributed by atoms with E-state index in [0.717, 1.165) is 27.3 Å². The van der Waals surface area contributed by atoms with Crippen molar-refractivity contribution in [2.45, 2.75) is 46.1 Å². The van der Waals surface area contributed by atoms with Gasteiger partial charge in [-0.15, -0.1) is 0 Å². The van der Waals surface area contributed by atoms with E-state index in [2.05, 4.69) is 5.32 Å². The molecular formula is C12H26N2O6. The van der Waals surface area contributed by atoms with Gasteiger partial charge in [-0.25, -0.2) is 0 Å². The molecule has 0 aromatic rings. The lowest BCUT2D eigenvalue weighted by Crippen LogP contribution is -2.39. The highest BCUT2D eigenvalue weighted by molar-refractivity contribution is 5.63. The first-order chi connectivity index (χ1) is 9.13. The van der Waals surface area contributed by atoms with Crippen LogP contribution in [-0.4, -0.2) is 52.4 Å². The molecule has 6 N–H and O–H groups in total. The highest BCUT2D eigenvalue weighted by Gasteiger charge is 2.08. The maximum atomic E-state index is 9.00. The zero-order valence-electron chi connectivity index (χ0n) is 12.3. The summed E-state index contributed by atoms with van der Waals surface area (Å²) in [5.41, 5.74) is 5.44. The van der Waals surface area contributed by atoms with Gasteiger partial charge >= 0.3 is 0 Å². The molecule has 8 nitrogen and oxygen atoms in total. The summed E-state index contributed by atoms with van der Waals surface area (Å²) < 4.78 is 0. The molecule has 1 aliphatic rings. The van der Waals surface area contributed by atoms with E-state index in [1.165, 1.54) is 25.8 Å². The third-order valence-electron chi connectivity index (χ3n) is 1.70. The fraction of sp³-hybridized carbons (Fsp3) is 0.750. The van der Waals surface area contributed by atoms with Crippen molar-refractivity contribution >= 4 is 17.9 Å². The lowest BCUT2D eigenvalue weighted by atomic mass is 10.1. The molecule has 1 heterocycles. The summed E-state index contributed by atoms with van der Waals surface area (Å²) in [6.07, 6.45) is 3.96. The molecule has 8 heteroatoms. The number of aliphatic carboxylic acids is 3. The summed E-state index contributed by atoms with van der Waals surface area (Å²) in [7, 11) is 0. The Morgan fingerprint density at radius 3 is 1.50 bits per heavy atom. The minimum atomic E-state index is -0.833. The quantitative estimate of drug-likeness (QED) is 0.465. The molecule has 0 amide bonds. The smallest absolute Gasteiger partial charge is 0.300 e. The van der Waals surface area contributed by atoms with Crippen molar-refractivity contribution in [3.8, 4) is 0 Å². The highest BCUT2D eigenvalue weighted by atomic mass is 16.4. The molecule has 1 unspecified atom stereocenters. The van der Waals surface area contributed by atoms with E-state index in [9.17, 15) is 0 Å². The third-order valence-corrected chi connectivity index (χ3v) is 1.70. The zero-order valence-corrected chi connectivity index (χ0v) is 12.3. The van der Waals surface area contributed by atoms with Gasteiger partial charge in [0.2, 0.25) is 0 Å². The Hall–Kier alpha value is -1.67. The maximum absolute atomic E-state index is 9.00. The van der Waals surface area contributed by atoms with Crippen molar-refractivity contribution in [2.24, 2.45) is 5.73 Å². The van der Waals surface area contributed by atoms with Crippen LogP contribution in [0.4, 0.5) is 0 Å². The first-order valence-electron chi connectivity index (χ1n) is 6.15. The molecule has 0 saturated carbocycles. The van der Waals surface area contributed by atoms with Crippen LogP contribution in [0.25, 0.3) is 0 Å². The van der Waals surface area contributed by atoms with Gasteiger partial charge in [-0.1, -0.05) is 6.42 Å². The van der Waals surface area contributed by atoms with E-state index in [4.69, 9.17) is 35.4 Å². The van der Waals surface area contributed by atoms with E-state index < -0.39 is 17.9 Å². The average molecular weight is 294 g/mol. The fourth-order valence-corrected chi connectivity index (χ4v) is 1.13. The van der Waals surface area contributed by atoms with Crippen molar-refractivity contribution < 1.29 is 29.7 Å². The van der Waals surface area contributed by atoms with Crippen molar-refractivity contribution in [3.05, 3.63) is 0 Å². The van der Waals surface area contributed by atoms with E-state index in [0.29, 0.717) is 6.04 Å². The number of carboxylic acids is 3. The van der Waals surface area contributed by atoms with Crippen molar-refractivity contribution in [1.82, 2.24) is 5.32 Å². The van der Waals surface area contributed by atoms with Gasteiger partial charge in [-0.3, -0.25) is 14.4 Å². The van der Waals surface area contributed by atoms with Crippen LogP contribution in [0.5, 0.6) is 0 Å². The third kappa shape index (κ3) is 55.3. The second kappa shape index (κ2) is 17.3. The molecule has 120 valence electrons. The number of carboxylic acid groups (broad SMARTS) is 3. The summed E-state index contributed by atoms with van der Waals surface area (Å²) in [6, 6.07) is 0.615. The summed E-state index contributed by atoms with van der Waals surface area (Å²) in [6.45, 7) is 5.22. The first kappa shape index (κ1) is 23.4. The van der Waals surface area contributed by atoms with E-state index in [1.807, 2.05) is 0 Å². The molecule has 1 atom stereocenters. The number of hydrogen-bond donors (Lipinski definition) is 5. The minimum absolute atomic E-state index is 0.615. The lowest BCUT2D eigenvalue weighted by molar-refractivity contribution is -0.135. The second-order valence-corrected chi connectivity index (χ2v) is 3.94. The predicted molar refractivity (Wildman–Crippen MR) is 74.6 cm³/mol. The van der Waals surface area contributed by atoms with Gasteiger partial charge in [-0.2, -0.15) is 0 Å². The molecule has 1 fully saturated rings. The van der Waals surface area contributed by atoms with Crippen LogP contribution in [0.15, 0.2) is 0 Å². The summed E-state index contributed by atoms with van der Waals surface area (Å²) in [5.74, 6) is -2.50. The molecule has 1 rings (SSSR count). The van der Waals surface area contributed by atoms with Crippen LogP contribution in [0, 0.1) is 0 Å². The Balaban J connectivity index is -0.000000209. The van der Waals surface area contributed by atoms with Crippen molar-refractivity contribution in [3.63, 3.8) is 0 Å². The first-order valence-corrected chi connectivity index (χ1v) is 6.15. The Labute approximate surface area is 119 Å². The Morgan fingerprint density at radius 1 is 1.00 bits per heavy atom. The van der Waals surface area contributed by atoms with Gasteiger partial charge in [0.25, 0.3) is 17.9 Å². The number of nitrogens with two attached hydrogens (primary N) is 1. The molecule has 0 bridgehead atoms. The number of carbonyl (C=O) groups is 3. The van der Waals surface area contributed by atoms with Crippen molar-refractivity contribution in [2.75, 3.05) is 13.1 Å². The van der Waals surface area contributed by atoms with Crippen molar-refractivity contribution in [1.29, 1.82) is 0 Å². The molecule has 0 aliphatic carbocycles. The number of rotatable bonds is 1. The second-order valence-electron chi connectivity index (χ2n) is 3.94. The van der Waals surface area contributed by atoms with E-state index >= 15 is 0 Å². The topological polar surface area (TPSA) is 150 Å². The minimum Gasteiger partial charge on any atom is -0.481 e. The van der Waals surface area contributed by atoms with Crippen LogP contribution in [0.3, 0.4) is 0 Å². The molecule has 0 spiro atoms. The molecule has 20 heavy (non-hydrogen) atoms. The van der Waals surface area contributed by atoms with Crippen LogP contribution < -0.4 is 11.1 Å². The predicted octanol–water partition coefficient (Wildman–Crippen LogP) is 0.360. The van der Waals surface area contributed by atoms with Crippen LogP contribution in [-0.2, 0) is 14.4 Å². The van der Waals surface area contributed by atoms with Gasteiger partial charge < -0.3 is 26.4 Å². The van der Waals surface area contributed by atoms with Gasteiger partial charge in [0.05, 0.1) is 0 Å². The summed E-state index contributed by atoms with van der Waals surface area (Å²) >= 11 is 0. The normalized spacial score (nSPS) is 15.9.